The van der Waals surface area contributed by atoms with E-state index < -0.39 is 0 Å². The first-order valence-electron chi connectivity index (χ1n) is 6.52. The Hall–Kier alpha value is -0.410. The van der Waals surface area contributed by atoms with Gasteiger partial charge in [-0.15, -0.1) is 0 Å². The molecule has 17 heavy (non-hydrogen) atoms. The van der Waals surface area contributed by atoms with E-state index in [2.05, 4.69) is 58.7 Å². The van der Waals surface area contributed by atoms with Gasteiger partial charge in [-0.1, -0.05) is 33.6 Å². The number of aromatic nitrogens is 1. The molecule has 0 aliphatic carbocycles. The summed E-state index contributed by atoms with van der Waals surface area (Å²) in [5, 5.41) is 0. The molecule has 1 aromatic heterocycles. The SMILES string of the molecule is CCC(CC)CN(CC)Cc1ccc(Br)cn1. The number of pyridine rings is 1. The first-order valence-corrected chi connectivity index (χ1v) is 7.31. The largest absolute Gasteiger partial charge is 0.298 e. The average Bonchev–Trinajstić information content (AvgIpc) is 2.37. The highest BCUT2D eigenvalue weighted by molar-refractivity contribution is 9.10. The van der Waals surface area contributed by atoms with Crippen molar-refractivity contribution in [2.24, 2.45) is 5.92 Å². The number of hydrogen-bond donors (Lipinski definition) is 0. The predicted molar refractivity (Wildman–Crippen MR) is 77.0 cm³/mol. The van der Waals surface area contributed by atoms with Crippen LogP contribution in [0.1, 0.15) is 39.3 Å². The van der Waals surface area contributed by atoms with Gasteiger partial charge in [-0.2, -0.15) is 0 Å². The minimum absolute atomic E-state index is 0.811. The highest BCUT2D eigenvalue weighted by Gasteiger charge is 2.10. The van der Waals surface area contributed by atoms with E-state index in [1.54, 1.807) is 0 Å². The summed E-state index contributed by atoms with van der Waals surface area (Å²) in [6.45, 7) is 10.0. The molecule has 0 saturated heterocycles. The second-order valence-corrected chi connectivity index (χ2v) is 5.39. The van der Waals surface area contributed by atoms with Crippen molar-refractivity contribution < 1.29 is 0 Å². The molecule has 0 radical (unpaired) electrons. The third-order valence-electron chi connectivity index (χ3n) is 3.29. The number of nitrogens with zero attached hydrogens (tertiary/aromatic N) is 2. The molecule has 0 aromatic carbocycles. The minimum atomic E-state index is 0.811. The van der Waals surface area contributed by atoms with E-state index in [0.29, 0.717) is 0 Å². The van der Waals surface area contributed by atoms with Gasteiger partial charge in [0.15, 0.2) is 0 Å². The summed E-state index contributed by atoms with van der Waals surface area (Å²) in [6.07, 6.45) is 4.40. The van der Waals surface area contributed by atoms with E-state index in [0.717, 1.165) is 29.2 Å². The van der Waals surface area contributed by atoms with Crippen molar-refractivity contribution in [1.29, 1.82) is 0 Å². The lowest BCUT2D eigenvalue weighted by Crippen LogP contribution is -2.29. The molecule has 0 saturated carbocycles. The molecule has 0 fully saturated rings. The monoisotopic (exact) mass is 298 g/mol. The Bertz CT molecular complexity index is 307. The lowest BCUT2D eigenvalue weighted by Gasteiger charge is -2.24. The van der Waals surface area contributed by atoms with Crippen LogP contribution in [0.25, 0.3) is 0 Å². The van der Waals surface area contributed by atoms with Gasteiger partial charge in [-0.05, 0) is 40.5 Å². The van der Waals surface area contributed by atoms with E-state index in [1.165, 1.54) is 19.4 Å². The van der Waals surface area contributed by atoms with Gasteiger partial charge < -0.3 is 0 Å². The summed E-state index contributed by atoms with van der Waals surface area (Å²) in [4.78, 5) is 6.92. The third kappa shape index (κ3) is 5.17. The fraction of sp³-hybridized carbons (Fsp3) is 0.643. The summed E-state index contributed by atoms with van der Waals surface area (Å²) in [5.74, 6) is 0.811. The molecule has 3 heteroatoms. The molecule has 0 N–H and O–H groups in total. The van der Waals surface area contributed by atoms with Crippen LogP contribution in [0.15, 0.2) is 22.8 Å². The molecule has 0 aliphatic rings. The van der Waals surface area contributed by atoms with Crippen molar-refractivity contribution in [2.75, 3.05) is 13.1 Å². The van der Waals surface area contributed by atoms with Gasteiger partial charge in [0.2, 0.25) is 0 Å². The highest BCUT2D eigenvalue weighted by atomic mass is 79.9. The molecule has 0 spiro atoms. The number of rotatable bonds is 7. The first-order chi connectivity index (χ1) is 8.19. The smallest absolute Gasteiger partial charge is 0.0544 e. The maximum absolute atomic E-state index is 4.44. The summed E-state index contributed by atoms with van der Waals surface area (Å²) in [6, 6.07) is 4.16. The molecule has 0 bridgehead atoms. The summed E-state index contributed by atoms with van der Waals surface area (Å²) >= 11 is 3.42. The van der Waals surface area contributed by atoms with Crippen molar-refractivity contribution in [1.82, 2.24) is 9.88 Å². The van der Waals surface area contributed by atoms with Gasteiger partial charge in [0, 0.05) is 23.8 Å². The van der Waals surface area contributed by atoms with Gasteiger partial charge in [0.25, 0.3) is 0 Å². The van der Waals surface area contributed by atoms with Crippen molar-refractivity contribution in [3.05, 3.63) is 28.5 Å². The van der Waals surface area contributed by atoms with Crippen LogP contribution >= 0.6 is 15.9 Å². The molecule has 0 amide bonds. The summed E-state index contributed by atoms with van der Waals surface area (Å²) in [7, 11) is 0. The standard InChI is InChI=1S/C14H23BrN2/c1-4-12(5-2)10-17(6-3)11-14-8-7-13(15)9-16-14/h7-9,12H,4-6,10-11H2,1-3H3. The van der Waals surface area contributed by atoms with Crippen molar-refractivity contribution in [2.45, 2.75) is 40.2 Å². The van der Waals surface area contributed by atoms with Gasteiger partial charge in [-0.25, -0.2) is 0 Å². The molecule has 2 nitrogen and oxygen atoms in total. The maximum Gasteiger partial charge on any atom is 0.0544 e. The van der Waals surface area contributed by atoms with Crippen LogP contribution in [0, 0.1) is 5.92 Å². The highest BCUT2D eigenvalue weighted by Crippen LogP contribution is 2.13. The zero-order valence-corrected chi connectivity index (χ0v) is 12.7. The average molecular weight is 299 g/mol. The summed E-state index contributed by atoms with van der Waals surface area (Å²) < 4.78 is 1.05. The number of halogens is 1. The fourth-order valence-corrected chi connectivity index (χ4v) is 2.18. The molecule has 0 atom stereocenters. The molecule has 0 unspecified atom stereocenters. The summed E-state index contributed by atoms with van der Waals surface area (Å²) in [5.41, 5.74) is 1.15. The lowest BCUT2D eigenvalue weighted by molar-refractivity contribution is 0.224. The Morgan fingerprint density at radius 1 is 1.24 bits per heavy atom. The predicted octanol–water partition coefficient (Wildman–Crippen LogP) is 4.10. The van der Waals surface area contributed by atoms with Gasteiger partial charge >= 0.3 is 0 Å². The van der Waals surface area contributed by atoms with Crippen LogP contribution in [-0.2, 0) is 6.54 Å². The van der Waals surface area contributed by atoms with Gasteiger partial charge in [-0.3, -0.25) is 9.88 Å². The Morgan fingerprint density at radius 3 is 2.41 bits per heavy atom. The third-order valence-corrected chi connectivity index (χ3v) is 3.76. The molecule has 1 heterocycles. The number of hydrogen-bond acceptors (Lipinski definition) is 2. The van der Waals surface area contributed by atoms with Crippen LogP contribution in [0.4, 0.5) is 0 Å². The fourth-order valence-electron chi connectivity index (χ4n) is 1.95. The van der Waals surface area contributed by atoms with E-state index >= 15 is 0 Å². The minimum Gasteiger partial charge on any atom is -0.298 e. The van der Waals surface area contributed by atoms with Crippen LogP contribution in [-0.4, -0.2) is 23.0 Å². The molecule has 1 aromatic rings. The van der Waals surface area contributed by atoms with E-state index in [9.17, 15) is 0 Å². The van der Waals surface area contributed by atoms with Gasteiger partial charge in [0.1, 0.15) is 0 Å². The van der Waals surface area contributed by atoms with Crippen molar-refractivity contribution in [3.8, 4) is 0 Å². The maximum atomic E-state index is 4.44. The van der Waals surface area contributed by atoms with Crippen molar-refractivity contribution >= 4 is 15.9 Å². The second kappa shape index (κ2) is 7.83. The molecule has 96 valence electrons. The molecular formula is C14H23BrN2. The zero-order valence-electron chi connectivity index (χ0n) is 11.1. The van der Waals surface area contributed by atoms with Gasteiger partial charge in [0.05, 0.1) is 5.69 Å². The molecular weight excluding hydrogens is 276 g/mol. The zero-order chi connectivity index (χ0) is 12.7. The molecule has 1 rings (SSSR count). The van der Waals surface area contributed by atoms with Crippen LogP contribution in [0.3, 0.4) is 0 Å². The van der Waals surface area contributed by atoms with E-state index in [1.807, 2.05) is 6.20 Å². The van der Waals surface area contributed by atoms with Crippen LogP contribution in [0.2, 0.25) is 0 Å². The van der Waals surface area contributed by atoms with Crippen LogP contribution in [0.5, 0.6) is 0 Å². The normalized spacial score (nSPS) is 11.4. The van der Waals surface area contributed by atoms with E-state index in [-0.39, 0.29) is 0 Å². The first kappa shape index (κ1) is 14.7. The van der Waals surface area contributed by atoms with Crippen LogP contribution < -0.4 is 0 Å². The second-order valence-electron chi connectivity index (χ2n) is 4.48. The Labute approximate surface area is 114 Å². The van der Waals surface area contributed by atoms with Crippen molar-refractivity contribution in [3.63, 3.8) is 0 Å². The quantitative estimate of drug-likeness (QED) is 0.753. The topological polar surface area (TPSA) is 16.1 Å². The lowest BCUT2D eigenvalue weighted by atomic mass is 10.0. The molecule has 0 aliphatic heterocycles. The Morgan fingerprint density at radius 2 is 1.94 bits per heavy atom. The Balaban J connectivity index is 2.54. The Kier molecular flexibility index (Phi) is 6.75. The van der Waals surface area contributed by atoms with E-state index in [4.69, 9.17) is 0 Å².